The van der Waals surface area contributed by atoms with Crippen molar-refractivity contribution in [1.29, 1.82) is 0 Å². The highest BCUT2D eigenvalue weighted by atomic mass is 16.5. The molecule has 0 spiro atoms. The lowest BCUT2D eigenvalue weighted by atomic mass is 10.1. The molecule has 2 N–H and O–H groups in total. The van der Waals surface area contributed by atoms with Crippen LogP contribution < -0.4 is 10.1 Å². The summed E-state index contributed by atoms with van der Waals surface area (Å²) >= 11 is 0. The van der Waals surface area contributed by atoms with E-state index < -0.39 is 12.1 Å². The van der Waals surface area contributed by atoms with E-state index in [1.54, 1.807) is 31.4 Å². The standard InChI is InChI=1S/C11H13NO4/c1-16-10-4-2-8(3-5-10)6-9(7-13)12-11(14)15/h2-5,7,9,12H,6H2,1H3,(H,14,15). The molecule has 0 radical (unpaired) electrons. The second kappa shape index (κ2) is 5.75. The minimum atomic E-state index is -1.20. The van der Waals surface area contributed by atoms with E-state index in [9.17, 15) is 9.59 Å². The maximum atomic E-state index is 10.6. The van der Waals surface area contributed by atoms with Crippen molar-refractivity contribution in [3.05, 3.63) is 29.8 Å². The third kappa shape index (κ3) is 3.61. The second-order valence-electron chi connectivity index (χ2n) is 3.24. The van der Waals surface area contributed by atoms with Gasteiger partial charge in [0.15, 0.2) is 0 Å². The van der Waals surface area contributed by atoms with Gasteiger partial charge in [0.05, 0.1) is 13.2 Å². The molecular weight excluding hydrogens is 210 g/mol. The molecule has 5 nitrogen and oxygen atoms in total. The molecule has 1 atom stereocenters. The molecule has 0 saturated carbocycles. The number of nitrogens with one attached hydrogen (secondary N) is 1. The molecule has 0 fully saturated rings. The average molecular weight is 223 g/mol. The summed E-state index contributed by atoms with van der Waals surface area (Å²) in [5.74, 6) is 0.720. The van der Waals surface area contributed by atoms with Gasteiger partial charge in [-0.15, -0.1) is 0 Å². The van der Waals surface area contributed by atoms with Crippen molar-refractivity contribution in [1.82, 2.24) is 5.32 Å². The molecular formula is C11H13NO4. The van der Waals surface area contributed by atoms with Crippen molar-refractivity contribution in [2.24, 2.45) is 0 Å². The van der Waals surface area contributed by atoms with E-state index in [1.165, 1.54) is 0 Å². The van der Waals surface area contributed by atoms with Gasteiger partial charge in [0.25, 0.3) is 0 Å². The number of amides is 1. The topological polar surface area (TPSA) is 75.6 Å². The molecule has 0 bridgehead atoms. The van der Waals surface area contributed by atoms with Crippen LogP contribution >= 0.6 is 0 Å². The monoisotopic (exact) mass is 223 g/mol. The first-order valence-corrected chi connectivity index (χ1v) is 4.73. The van der Waals surface area contributed by atoms with Crippen LogP contribution in [0.5, 0.6) is 5.75 Å². The number of carbonyl (C=O) groups is 2. The first kappa shape index (κ1) is 12.0. The van der Waals surface area contributed by atoms with E-state index in [2.05, 4.69) is 5.32 Å². The van der Waals surface area contributed by atoms with Crippen molar-refractivity contribution in [3.63, 3.8) is 0 Å². The fourth-order valence-electron chi connectivity index (χ4n) is 1.31. The second-order valence-corrected chi connectivity index (χ2v) is 3.24. The van der Waals surface area contributed by atoms with Crippen LogP contribution in [0.1, 0.15) is 5.56 Å². The smallest absolute Gasteiger partial charge is 0.405 e. The van der Waals surface area contributed by atoms with E-state index in [1.807, 2.05) is 0 Å². The quantitative estimate of drug-likeness (QED) is 0.732. The van der Waals surface area contributed by atoms with Gasteiger partial charge in [-0.3, -0.25) is 0 Å². The Morgan fingerprint density at radius 3 is 2.56 bits per heavy atom. The molecule has 16 heavy (non-hydrogen) atoms. The Balaban J connectivity index is 2.63. The van der Waals surface area contributed by atoms with Gasteiger partial charge in [-0.25, -0.2) is 4.79 Å². The molecule has 0 aliphatic heterocycles. The molecule has 1 aromatic rings. The molecule has 1 unspecified atom stereocenters. The molecule has 0 aliphatic carbocycles. The van der Waals surface area contributed by atoms with Crippen molar-refractivity contribution >= 4 is 12.4 Å². The summed E-state index contributed by atoms with van der Waals surface area (Å²) in [6, 6.07) is 6.39. The van der Waals surface area contributed by atoms with Gasteiger partial charge in [0.2, 0.25) is 0 Å². The highest BCUT2D eigenvalue weighted by Gasteiger charge is 2.10. The summed E-state index contributed by atoms with van der Waals surface area (Å²) in [4.78, 5) is 21.0. The molecule has 0 aliphatic rings. The highest BCUT2D eigenvalue weighted by Crippen LogP contribution is 2.12. The average Bonchev–Trinajstić information content (AvgIpc) is 2.28. The summed E-state index contributed by atoms with van der Waals surface area (Å²) < 4.78 is 4.99. The Labute approximate surface area is 93.0 Å². The third-order valence-electron chi connectivity index (χ3n) is 2.09. The lowest BCUT2D eigenvalue weighted by molar-refractivity contribution is -0.109. The van der Waals surface area contributed by atoms with Gasteiger partial charge >= 0.3 is 6.09 Å². The molecule has 0 heterocycles. The summed E-state index contributed by atoms with van der Waals surface area (Å²) in [5.41, 5.74) is 0.867. The Bertz CT molecular complexity index is 361. The van der Waals surface area contributed by atoms with Gasteiger partial charge in [-0.05, 0) is 24.1 Å². The van der Waals surface area contributed by atoms with Crippen LogP contribution in [0.25, 0.3) is 0 Å². The van der Waals surface area contributed by atoms with Crippen molar-refractivity contribution in [2.45, 2.75) is 12.5 Å². The molecule has 1 aromatic carbocycles. The van der Waals surface area contributed by atoms with Crippen molar-refractivity contribution < 1.29 is 19.4 Å². The summed E-state index contributed by atoms with van der Waals surface area (Å²) in [6.45, 7) is 0. The number of methoxy groups -OCH3 is 1. The first-order chi connectivity index (χ1) is 7.65. The fraction of sp³-hybridized carbons (Fsp3) is 0.273. The predicted octanol–water partition coefficient (Wildman–Crippen LogP) is 1.07. The Morgan fingerprint density at radius 2 is 2.12 bits per heavy atom. The number of carbonyl (C=O) groups excluding carboxylic acids is 1. The fourth-order valence-corrected chi connectivity index (χ4v) is 1.31. The lowest BCUT2D eigenvalue weighted by Crippen LogP contribution is -2.36. The Morgan fingerprint density at radius 1 is 1.50 bits per heavy atom. The van der Waals surface area contributed by atoms with E-state index in [-0.39, 0.29) is 0 Å². The van der Waals surface area contributed by atoms with E-state index >= 15 is 0 Å². The van der Waals surface area contributed by atoms with E-state index in [4.69, 9.17) is 9.84 Å². The number of ether oxygens (including phenoxy) is 1. The SMILES string of the molecule is COc1ccc(CC(C=O)NC(=O)O)cc1. The zero-order valence-corrected chi connectivity index (χ0v) is 8.84. The van der Waals surface area contributed by atoms with E-state index in [0.29, 0.717) is 12.7 Å². The molecule has 0 saturated heterocycles. The van der Waals surface area contributed by atoms with Crippen LogP contribution in [-0.2, 0) is 11.2 Å². The zero-order valence-electron chi connectivity index (χ0n) is 8.84. The molecule has 1 amide bonds. The maximum absolute atomic E-state index is 10.6. The Hall–Kier alpha value is -2.04. The van der Waals surface area contributed by atoms with Crippen LogP contribution in [-0.4, -0.2) is 30.6 Å². The van der Waals surface area contributed by atoms with Crippen molar-refractivity contribution in [3.8, 4) is 5.75 Å². The normalized spacial score (nSPS) is 11.6. The minimum absolute atomic E-state index is 0.333. The molecule has 1 rings (SSSR count). The van der Waals surface area contributed by atoms with Crippen LogP contribution in [0.3, 0.4) is 0 Å². The van der Waals surface area contributed by atoms with Gasteiger partial charge < -0.3 is 20.0 Å². The van der Waals surface area contributed by atoms with Crippen LogP contribution in [0.15, 0.2) is 24.3 Å². The van der Waals surface area contributed by atoms with Gasteiger partial charge in [-0.2, -0.15) is 0 Å². The van der Waals surface area contributed by atoms with E-state index in [0.717, 1.165) is 11.3 Å². The zero-order chi connectivity index (χ0) is 12.0. The van der Waals surface area contributed by atoms with Crippen molar-refractivity contribution in [2.75, 3.05) is 7.11 Å². The largest absolute Gasteiger partial charge is 0.497 e. The number of hydrogen-bond donors (Lipinski definition) is 2. The summed E-state index contributed by atoms with van der Waals surface area (Å²) in [6.07, 6.45) is -0.288. The third-order valence-corrected chi connectivity index (χ3v) is 2.09. The number of hydrogen-bond acceptors (Lipinski definition) is 3. The van der Waals surface area contributed by atoms with Crippen LogP contribution in [0.2, 0.25) is 0 Å². The Kier molecular flexibility index (Phi) is 4.32. The summed E-state index contributed by atoms with van der Waals surface area (Å²) in [7, 11) is 1.56. The number of carboxylic acid groups (broad SMARTS) is 1. The van der Waals surface area contributed by atoms with Gasteiger partial charge in [0, 0.05) is 0 Å². The summed E-state index contributed by atoms with van der Waals surface area (Å²) in [5, 5.41) is 10.6. The first-order valence-electron chi connectivity index (χ1n) is 4.73. The molecule has 86 valence electrons. The lowest BCUT2D eigenvalue weighted by Gasteiger charge is -2.10. The van der Waals surface area contributed by atoms with Gasteiger partial charge in [-0.1, -0.05) is 12.1 Å². The predicted molar refractivity (Wildman–Crippen MR) is 57.7 cm³/mol. The highest BCUT2D eigenvalue weighted by molar-refractivity contribution is 5.71. The minimum Gasteiger partial charge on any atom is -0.497 e. The number of benzene rings is 1. The van der Waals surface area contributed by atoms with Crippen LogP contribution in [0, 0.1) is 0 Å². The maximum Gasteiger partial charge on any atom is 0.405 e. The number of aldehydes is 1. The molecule has 5 heteroatoms. The number of rotatable bonds is 5. The van der Waals surface area contributed by atoms with Gasteiger partial charge in [0.1, 0.15) is 12.0 Å². The molecule has 0 aromatic heterocycles. The van der Waals surface area contributed by atoms with Crippen LogP contribution in [0.4, 0.5) is 4.79 Å².